The molecule has 0 bridgehead atoms. The van der Waals surface area contributed by atoms with E-state index in [0.717, 1.165) is 10.1 Å². The van der Waals surface area contributed by atoms with E-state index in [2.05, 4.69) is 9.97 Å². The smallest absolute Gasteiger partial charge is 0.335 e. The van der Waals surface area contributed by atoms with Crippen LogP contribution in [0.3, 0.4) is 0 Å². The highest BCUT2D eigenvalue weighted by Crippen LogP contribution is 2.37. The van der Waals surface area contributed by atoms with E-state index in [1.54, 1.807) is 0 Å². The Morgan fingerprint density at radius 3 is 2.58 bits per heavy atom. The van der Waals surface area contributed by atoms with Gasteiger partial charge in [0.05, 0.1) is 23.0 Å². The van der Waals surface area contributed by atoms with Crippen molar-refractivity contribution in [3.63, 3.8) is 0 Å². The van der Waals surface area contributed by atoms with Gasteiger partial charge in [0.15, 0.2) is 0 Å². The zero-order valence-electron chi connectivity index (χ0n) is 17.4. The SMILES string of the molecule is Cl.N[C@@H](CC(=O)N1CCn2c(C(F)(F)F)nc(-c3ccncc3Cl)c2C1)Cc1ccccc1. The Bertz CT molecular complexity index is 1120. The van der Waals surface area contributed by atoms with Crippen molar-refractivity contribution in [2.45, 2.75) is 38.1 Å². The molecule has 0 saturated heterocycles. The lowest BCUT2D eigenvalue weighted by molar-refractivity contribution is -0.148. The molecule has 6 nitrogen and oxygen atoms in total. The molecule has 33 heavy (non-hydrogen) atoms. The van der Waals surface area contributed by atoms with E-state index in [9.17, 15) is 18.0 Å². The van der Waals surface area contributed by atoms with Gasteiger partial charge in [0.1, 0.15) is 0 Å². The predicted octanol–water partition coefficient (Wildman–Crippen LogP) is 4.34. The molecule has 1 aromatic carbocycles. The molecule has 1 aliphatic heterocycles. The summed E-state index contributed by atoms with van der Waals surface area (Å²) >= 11 is 6.18. The summed E-state index contributed by atoms with van der Waals surface area (Å²) in [6, 6.07) is 10.7. The Balaban J connectivity index is 0.00000306. The number of alkyl halides is 3. The number of nitrogens with two attached hydrogens (primary N) is 1. The number of nitrogens with zero attached hydrogens (tertiary/aromatic N) is 4. The number of amides is 1. The van der Waals surface area contributed by atoms with Crippen LogP contribution in [0.4, 0.5) is 13.2 Å². The van der Waals surface area contributed by atoms with Gasteiger partial charge in [-0.05, 0) is 18.1 Å². The van der Waals surface area contributed by atoms with Crippen molar-refractivity contribution in [3.05, 3.63) is 70.9 Å². The second kappa shape index (κ2) is 10.1. The van der Waals surface area contributed by atoms with Crippen molar-refractivity contribution in [1.82, 2.24) is 19.4 Å². The molecule has 4 rings (SSSR count). The lowest BCUT2D eigenvalue weighted by Gasteiger charge is -2.30. The van der Waals surface area contributed by atoms with Crippen molar-refractivity contribution in [1.29, 1.82) is 0 Å². The van der Waals surface area contributed by atoms with Crippen molar-refractivity contribution < 1.29 is 18.0 Å². The summed E-state index contributed by atoms with van der Waals surface area (Å²) in [5, 5.41) is 0.190. The van der Waals surface area contributed by atoms with E-state index in [1.807, 2.05) is 30.3 Å². The van der Waals surface area contributed by atoms with Gasteiger partial charge in [-0.25, -0.2) is 4.98 Å². The van der Waals surface area contributed by atoms with Crippen LogP contribution in [0, 0.1) is 0 Å². The van der Waals surface area contributed by atoms with Crippen molar-refractivity contribution in [3.8, 4) is 11.3 Å². The van der Waals surface area contributed by atoms with Gasteiger partial charge >= 0.3 is 6.18 Å². The van der Waals surface area contributed by atoms with Crippen LogP contribution in [0.2, 0.25) is 5.02 Å². The number of hydrogen-bond donors (Lipinski definition) is 1. The van der Waals surface area contributed by atoms with E-state index in [4.69, 9.17) is 17.3 Å². The molecular formula is C22H22Cl2F3N5O. The number of aromatic nitrogens is 3. The molecule has 11 heteroatoms. The minimum atomic E-state index is -4.63. The van der Waals surface area contributed by atoms with E-state index < -0.39 is 18.0 Å². The fraction of sp³-hybridized carbons (Fsp3) is 0.318. The first kappa shape index (κ1) is 25.0. The summed E-state index contributed by atoms with van der Waals surface area (Å²) in [5.41, 5.74) is 7.94. The molecule has 1 atom stereocenters. The summed E-state index contributed by atoms with van der Waals surface area (Å²) in [7, 11) is 0. The number of carbonyl (C=O) groups excluding carboxylic acids is 1. The molecule has 0 fully saturated rings. The summed E-state index contributed by atoms with van der Waals surface area (Å²) in [6.45, 7) is 0.125. The molecule has 2 N–H and O–H groups in total. The van der Waals surface area contributed by atoms with Gasteiger partial charge in [-0.3, -0.25) is 9.78 Å². The maximum atomic E-state index is 13.6. The van der Waals surface area contributed by atoms with Crippen molar-refractivity contribution in [2.24, 2.45) is 5.73 Å². The molecule has 0 aliphatic carbocycles. The first-order valence-electron chi connectivity index (χ1n) is 10.1. The lowest BCUT2D eigenvalue weighted by atomic mass is 10.0. The highest BCUT2D eigenvalue weighted by molar-refractivity contribution is 6.33. The third kappa shape index (κ3) is 5.48. The molecular weight excluding hydrogens is 478 g/mol. The Kier molecular flexibility index (Phi) is 7.66. The Labute approximate surface area is 200 Å². The number of halogens is 5. The molecule has 3 heterocycles. The monoisotopic (exact) mass is 499 g/mol. The van der Waals surface area contributed by atoms with Gasteiger partial charge in [0.25, 0.3) is 0 Å². The average molecular weight is 500 g/mol. The first-order chi connectivity index (χ1) is 15.2. The van der Waals surface area contributed by atoms with Gasteiger partial charge in [-0.15, -0.1) is 12.4 Å². The minimum absolute atomic E-state index is 0. The van der Waals surface area contributed by atoms with E-state index >= 15 is 0 Å². The van der Waals surface area contributed by atoms with Crippen molar-refractivity contribution >= 4 is 29.9 Å². The topological polar surface area (TPSA) is 77.0 Å². The number of imidazole rings is 1. The summed E-state index contributed by atoms with van der Waals surface area (Å²) in [4.78, 5) is 22.2. The Hall–Kier alpha value is -2.62. The fourth-order valence-electron chi connectivity index (χ4n) is 3.92. The lowest BCUT2D eigenvalue weighted by Crippen LogP contribution is -2.41. The number of pyridine rings is 1. The van der Waals surface area contributed by atoms with Gasteiger partial charge < -0.3 is 15.2 Å². The largest absolute Gasteiger partial charge is 0.449 e. The van der Waals surface area contributed by atoms with Gasteiger partial charge in [-0.1, -0.05) is 41.9 Å². The van der Waals surface area contributed by atoms with Crippen LogP contribution in [0.5, 0.6) is 0 Å². The molecule has 0 radical (unpaired) electrons. The molecule has 1 aliphatic rings. The number of fused-ring (bicyclic) bond motifs is 1. The quantitative estimate of drug-likeness (QED) is 0.566. The second-order valence-electron chi connectivity index (χ2n) is 7.70. The van der Waals surface area contributed by atoms with Crippen LogP contribution in [0.25, 0.3) is 11.3 Å². The van der Waals surface area contributed by atoms with Crippen LogP contribution >= 0.6 is 24.0 Å². The Morgan fingerprint density at radius 2 is 1.91 bits per heavy atom. The molecule has 2 aromatic heterocycles. The maximum Gasteiger partial charge on any atom is 0.449 e. The van der Waals surface area contributed by atoms with Crippen LogP contribution < -0.4 is 5.73 Å². The predicted molar refractivity (Wildman–Crippen MR) is 121 cm³/mol. The van der Waals surface area contributed by atoms with Crippen LogP contribution in [-0.4, -0.2) is 37.9 Å². The maximum absolute atomic E-state index is 13.6. The van der Waals surface area contributed by atoms with Crippen LogP contribution in [-0.2, 0) is 30.5 Å². The summed E-state index contributed by atoms with van der Waals surface area (Å²) < 4.78 is 42.0. The van der Waals surface area contributed by atoms with Crippen molar-refractivity contribution in [2.75, 3.05) is 6.54 Å². The van der Waals surface area contributed by atoms with Crippen LogP contribution in [0.15, 0.2) is 48.8 Å². The number of hydrogen-bond acceptors (Lipinski definition) is 4. The number of carbonyl (C=O) groups is 1. The Morgan fingerprint density at radius 1 is 1.18 bits per heavy atom. The number of benzene rings is 1. The highest BCUT2D eigenvalue weighted by Gasteiger charge is 2.41. The van der Waals surface area contributed by atoms with E-state index in [1.165, 1.54) is 23.4 Å². The third-order valence-corrected chi connectivity index (χ3v) is 5.72. The minimum Gasteiger partial charge on any atom is -0.335 e. The zero-order valence-corrected chi connectivity index (χ0v) is 19.0. The molecule has 1 amide bonds. The molecule has 0 saturated carbocycles. The van der Waals surface area contributed by atoms with E-state index in [0.29, 0.717) is 17.7 Å². The van der Waals surface area contributed by atoms with Gasteiger partial charge in [0.2, 0.25) is 11.7 Å². The van der Waals surface area contributed by atoms with Gasteiger partial charge in [-0.2, -0.15) is 13.2 Å². The zero-order chi connectivity index (χ0) is 22.9. The summed E-state index contributed by atoms with van der Waals surface area (Å²) in [6.07, 6.45) is -1.20. The molecule has 0 unspecified atom stereocenters. The molecule has 176 valence electrons. The average Bonchev–Trinajstić information content (AvgIpc) is 3.14. The first-order valence-corrected chi connectivity index (χ1v) is 10.5. The fourth-order valence-corrected chi connectivity index (χ4v) is 4.13. The second-order valence-corrected chi connectivity index (χ2v) is 8.11. The van der Waals surface area contributed by atoms with E-state index in [-0.39, 0.29) is 55.1 Å². The summed E-state index contributed by atoms with van der Waals surface area (Å²) in [5.74, 6) is -1.20. The molecule has 0 spiro atoms. The number of rotatable bonds is 5. The molecule has 3 aromatic rings. The normalized spacial score (nSPS) is 14.4. The van der Waals surface area contributed by atoms with Gasteiger partial charge in [0, 0.05) is 43.5 Å². The third-order valence-electron chi connectivity index (χ3n) is 5.42. The van der Waals surface area contributed by atoms with Crippen LogP contribution in [0.1, 0.15) is 23.5 Å². The highest BCUT2D eigenvalue weighted by atomic mass is 35.5. The standard InChI is InChI=1S/C22H21ClF3N5O.ClH/c23-17-12-28-7-6-16(17)20-18-13-30(8-9-31(18)21(29-20)22(24,25)26)19(32)11-15(27)10-14-4-2-1-3-5-14;/h1-7,12,15H,8-11,13,27H2;1H/t15-;/m1./s1.